The number of rotatable bonds is 6. The van der Waals surface area contributed by atoms with Gasteiger partial charge in [0.15, 0.2) is 5.96 Å². The van der Waals surface area contributed by atoms with Crippen molar-refractivity contribution in [1.29, 1.82) is 0 Å². The average Bonchev–Trinajstić information content (AvgIpc) is 3.24. The lowest BCUT2D eigenvalue weighted by molar-refractivity contribution is 0.818. The largest absolute Gasteiger partial charge is 0.357 e. The van der Waals surface area contributed by atoms with Gasteiger partial charge >= 0.3 is 0 Å². The monoisotopic (exact) mass is 368 g/mol. The van der Waals surface area contributed by atoms with Gasteiger partial charge in [0, 0.05) is 23.2 Å². The zero-order chi connectivity index (χ0) is 18.4. The van der Waals surface area contributed by atoms with Crippen molar-refractivity contribution in [2.45, 2.75) is 33.9 Å². The van der Waals surface area contributed by atoms with Crippen LogP contribution in [-0.2, 0) is 13.1 Å². The summed E-state index contributed by atoms with van der Waals surface area (Å²) in [5.74, 6) is 0.797. The van der Waals surface area contributed by atoms with Gasteiger partial charge in [0.1, 0.15) is 0 Å². The molecule has 6 nitrogen and oxygen atoms in total. The zero-order valence-electron chi connectivity index (χ0n) is 15.4. The van der Waals surface area contributed by atoms with Gasteiger partial charge in [-0.3, -0.25) is 0 Å². The quantitative estimate of drug-likeness (QED) is 0.518. The molecule has 7 heteroatoms. The van der Waals surface area contributed by atoms with E-state index in [1.807, 2.05) is 61.3 Å². The van der Waals surface area contributed by atoms with Gasteiger partial charge in [0.25, 0.3) is 0 Å². The van der Waals surface area contributed by atoms with Crippen LogP contribution >= 0.6 is 11.3 Å². The first-order chi connectivity index (χ1) is 12.7. The van der Waals surface area contributed by atoms with E-state index in [9.17, 15) is 0 Å². The number of aliphatic imine (C=N–C) groups is 1. The lowest BCUT2D eigenvalue weighted by atomic mass is 10.3. The molecule has 2 aromatic heterocycles. The van der Waals surface area contributed by atoms with Crippen LogP contribution in [0, 0.1) is 13.8 Å². The summed E-state index contributed by atoms with van der Waals surface area (Å²) in [7, 11) is 0. The van der Waals surface area contributed by atoms with Crippen molar-refractivity contribution < 1.29 is 0 Å². The van der Waals surface area contributed by atoms with Crippen LogP contribution in [0.25, 0.3) is 5.69 Å². The molecule has 0 aliphatic rings. The third-order valence-corrected chi connectivity index (χ3v) is 4.91. The lowest BCUT2D eigenvalue weighted by Gasteiger charge is -2.10. The van der Waals surface area contributed by atoms with Crippen LogP contribution in [0.5, 0.6) is 0 Å². The van der Waals surface area contributed by atoms with Gasteiger partial charge in [-0.05, 0) is 32.9 Å². The summed E-state index contributed by atoms with van der Waals surface area (Å²) in [4.78, 5) is 10.4. The maximum absolute atomic E-state index is 4.67. The smallest absolute Gasteiger partial charge is 0.191 e. The predicted octanol–water partition coefficient (Wildman–Crippen LogP) is 3.20. The summed E-state index contributed by atoms with van der Waals surface area (Å²) >= 11 is 1.72. The van der Waals surface area contributed by atoms with Gasteiger partial charge in [0.05, 0.1) is 35.7 Å². The van der Waals surface area contributed by atoms with Gasteiger partial charge in [-0.25, -0.2) is 14.7 Å². The van der Waals surface area contributed by atoms with E-state index in [-0.39, 0.29) is 0 Å². The number of thiazole rings is 1. The van der Waals surface area contributed by atoms with Crippen LogP contribution < -0.4 is 10.6 Å². The summed E-state index contributed by atoms with van der Waals surface area (Å²) < 4.78 is 1.87. The fourth-order valence-corrected chi connectivity index (χ4v) is 3.45. The molecular formula is C19H24N6S. The maximum atomic E-state index is 4.67. The second-order valence-electron chi connectivity index (χ2n) is 5.92. The van der Waals surface area contributed by atoms with Crippen molar-refractivity contribution in [3.63, 3.8) is 0 Å². The van der Waals surface area contributed by atoms with E-state index in [4.69, 9.17) is 0 Å². The third-order valence-electron chi connectivity index (χ3n) is 3.84. The number of hydrogen-bond acceptors (Lipinski definition) is 4. The Bertz CT molecular complexity index is 865. The van der Waals surface area contributed by atoms with Crippen molar-refractivity contribution in [2.75, 3.05) is 6.54 Å². The van der Waals surface area contributed by atoms with Crippen molar-refractivity contribution in [3.05, 3.63) is 63.9 Å². The molecule has 0 unspecified atom stereocenters. The summed E-state index contributed by atoms with van der Waals surface area (Å²) in [6, 6.07) is 10.1. The van der Waals surface area contributed by atoms with Crippen LogP contribution in [0.3, 0.4) is 0 Å². The lowest BCUT2D eigenvalue weighted by Crippen LogP contribution is -2.36. The molecule has 0 amide bonds. The molecule has 0 atom stereocenters. The highest BCUT2D eigenvalue weighted by Crippen LogP contribution is 2.16. The minimum Gasteiger partial charge on any atom is -0.357 e. The number of nitrogens with zero attached hydrogens (tertiary/aromatic N) is 4. The van der Waals surface area contributed by atoms with Gasteiger partial charge < -0.3 is 10.6 Å². The molecule has 3 rings (SSSR count). The predicted molar refractivity (Wildman–Crippen MR) is 107 cm³/mol. The minimum absolute atomic E-state index is 0.572. The molecule has 0 fully saturated rings. The van der Waals surface area contributed by atoms with Gasteiger partial charge in [-0.2, -0.15) is 5.10 Å². The Balaban J connectivity index is 1.64. The molecule has 0 bridgehead atoms. The zero-order valence-corrected chi connectivity index (χ0v) is 16.2. The molecule has 26 heavy (non-hydrogen) atoms. The molecule has 0 saturated carbocycles. The van der Waals surface area contributed by atoms with Crippen molar-refractivity contribution in [2.24, 2.45) is 4.99 Å². The van der Waals surface area contributed by atoms with Crippen molar-refractivity contribution in [3.8, 4) is 5.69 Å². The summed E-state index contributed by atoms with van der Waals surface area (Å²) in [6.45, 7) is 8.26. The van der Waals surface area contributed by atoms with Crippen LogP contribution in [0.1, 0.15) is 28.1 Å². The number of benzene rings is 1. The highest BCUT2D eigenvalue weighted by molar-refractivity contribution is 7.11. The highest BCUT2D eigenvalue weighted by Gasteiger charge is 2.06. The van der Waals surface area contributed by atoms with Gasteiger partial charge in [-0.15, -0.1) is 11.3 Å². The molecular weight excluding hydrogens is 344 g/mol. The van der Waals surface area contributed by atoms with Crippen LogP contribution in [0.15, 0.2) is 47.7 Å². The third kappa shape index (κ3) is 4.70. The average molecular weight is 369 g/mol. The highest BCUT2D eigenvalue weighted by atomic mass is 32.1. The Morgan fingerprint density at radius 2 is 2.00 bits per heavy atom. The van der Waals surface area contributed by atoms with E-state index < -0.39 is 0 Å². The van der Waals surface area contributed by atoms with Crippen LogP contribution in [0.4, 0.5) is 0 Å². The normalized spacial score (nSPS) is 11.6. The Hall–Kier alpha value is -2.67. The topological polar surface area (TPSA) is 67.1 Å². The van der Waals surface area contributed by atoms with Gasteiger partial charge in [0.2, 0.25) is 0 Å². The molecule has 0 aliphatic carbocycles. The second kappa shape index (κ2) is 8.62. The second-order valence-corrected chi connectivity index (χ2v) is 7.21. The van der Waals surface area contributed by atoms with Crippen LogP contribution in [0.2, 0.25) is 0 Å². The van der Waals surface area contributed by atoms with Crippen molar-refractivity contribution >= 4 is 17.3 Å². The number of guanidine groups is 1. The molecule has 0 saturated heterocycles. The number of para-hydroxylation sites is 1. The molecule has 0 spiro atoms. The summed E-state index contributed by atoms with van der Waals surface area (Å²) in [5.41, 5.74) is 3.19. The SMILES string of the molecule is CCNC(=NCc1cnn(-c2ccccc2)c1)NCc1sc(C)nc1C. The standard InChI is InChI=1S/C19H24N6S/c1-4-20-19(22-12-18-14(2)24-15(3)26-18)21-10-16-11-23-25(13-16)17-8-6-5-7-9-17/h5-9,11,13H,4,10,12H2,1-3H3,(H2,20,21,22). The van der Waals surface area contributed by atoms with E-state index in [2.05, 4.69) is 32.6 Å². The van der Waals surface area contributed by atoms with Crippen LogP contribution in [-0.4, -0.2) is 27.3 Å². The molecule has 1 aromatic carbocycles. The first-order valence-corrected chi connectivity index (χ1v) is 9.51. The molecule has 0 radical (unpaired) electrons. The molecule has 3 aromatic rings. The fraction of sp³-hybridized carbons (Fsp3) is 0.316. The molecule has 2 heterocycles. The van der Waals surface area contributed by atoms with E-state index >= 15 is 0 Å². The Morgan fingerprint density at radius 1 is 1.19 bits per heavy atom. The minimum atomic E-state index is 0.572. The number of aromatic nitrogens is 3. The number of nitrogens with one attached hydrogen (secondary N) is 2. The van der Waals surface area contributed by atoms with E-state index in [0.717, 1.165) is 41.0 Å². The maximum Gasteiger partial charge on any atom is 0.191 e. The summed E-state index contributed by atoms with van der Waals surface area (Å²) in [6.07, 6.45) is 3.87. The van der Waals surface area contributed by atoms with E-state index in [1.54, 1.807) is 11.3 Å². The van der Waals surface area contributed by atoms with E-state index in [1.165, 1.54) is 4.88 Å². The Morgan fingerprint density at radius 3 is 2.69 bits per heavy atom. The van der Waals surface area contributed by atoms with E-state index in [0.29, 0.717) is 6.54 Å². The van der Waals surface area contributed by atoms with Gasteiger partial charge in [-0.1, -0.05) is 18.2 Å². The fourth-order valence-electron chi connectivity index (χ4n) is 2.58. The first-order valence-electron chi connectivity index (χ1n) is 8.69. The first kappa shape index (κ1) is 18.1. The van der Waals surface area contributed by atoms with Crippen molar-refractivity contribution in [1.82, 2.24) is 25.4 Å². The Kier molecular flexibility index (Phi) is 6.01. The number of aryl methyl sites for hydroxylation is 2. The Labute approximate surface area is 158 Å². The molecule has 0 aliphatic heterocycles. The molecule has 136 valence electrons. The summed E-state index contributed by atoms with van der Waals surface area (Å²) in [5, 5.41) is 12.2. The number of hydrogen-bond donors (Lipinski definition) is 2. The molecule has 2 N–H and O–H groups in total.